The van der Waals surface area contributed by atoms with Gasteiger partial charge in [0.25, 0.3) is 5.91 Å². The molecule has 0 aliphatic carbocycles. The second kappa shape index (κ2) is 7.50. The van der Waals surface area contributed by atoms with Crippen molar-refractivity contribution in [3.05, 3.63) is 35.6 Å². The molecule has 1 N–H and O–H groups in total. The first-order valence-corrected chi connectivity index (χ1v) is 9.22. The van der Waals surface area contributed by atoms with Crippen LogP contribution in [-0.2, 0) is 23.9 Å². The molecule has 0 radical (unpaired) electrons. The molecule has 152 valence electrons. The Bertz CT molecular complexity index is 804. The topological polar surface area (TPSA) is 86.2 Å². The highest BCUT2D eigenvalue weighted by Crippen LogP contribution is 2.28. The number of carbonyl (C=O) groups excluding carboxylic acids is 2. The summed E-state index contributed by atoms with van der Waals surface area (Å²) in [5, 5.41) is 6.81. The minimum atomic E-state index is -1.20. The molecule has 2 aliphatic heterocycles. The lowest BCUT2D eigenvalue weighted by molar-refractivity contribution is -0.165. The maximum atomic E-state index is 13.4. The van der Waals surface area contributed by atoms with Gasteiger partial charge < -0.3 is 19.6 Å². The molecule has 28 heavy (non-hydrogen) atoms. The van der Waals surface area contributed by atoms with Crippen LogP contribution in [0.25, 0.3) is 0 Å². The van der Waals surface area contributed by atoms with Crippen LogP contribution in [0.1, 0.15) is 46.1 Å². The molecule has 2 heterocycles. The zero-order valence-electron chi connectivity index (χ0n) is 16.5. The Morgan fingerprint density at radius 1 is 1.36 bits per heavy atom. The zero-order valence-corrected chi connectivity index (χ0v) is 16.5. The molecule has 1 unspecified atom stereocenters. The maximum Gasteiger partial charge on any atom is 0.335 e. The normalized spacial score (nSPS) is 27.1. The van der Waals surface area contributed by atoms with E-state index in [2.05, 4.69) is 10.5 Å². The summed E-state index contributed by atoms with van der Waals surface area (Å²) in [5.41, 5.74) is -0.722. The average molecular weight is 392 g/mol. The summed E-state index contributed by atoms with van der Waals surface area (Å²) in [5.74, 6) is -1.18. The van der Waals surface area contributed by atoms with Gasteiger partial charge in [-0.05, 0) is 39.8 Å². The number of nitrogens with one attached hydrogen (secondary N) is 1. The molecular weight excluding hydrogens is 367 g/mol. The molecule has 1 saturated heterocycles. The van der Waals surface area contributed by atoms with Gasteiger partial charge in [0.15, 0.2) is 6.10 Å². The van der Waals surface area contributed by atoms with Crippen LogP contribution in [-0.4, -0.2) is 47.5 Å². The van der Waals surface area contributed by atoms with Crippen LogP contribution < -0.4 is 5.32 Å². The highest BCUT2D eigenvalue weighted by Gasteiger charge is 2.44. The van der Waals surface area contributed by atoms with Crippen LogP contribution in [0.15, 0.2) is 29.4 Å². The zero-order chi connectivity index (χ0) is 20.5. The third kappa shape index (κ3) is 4.67. The molecule has 1 aromatic rings. The molecule has 8 heteroatoms. The molecule has 0 spiro atoms. The van der Waals surface area contributed by atoms with Crippen molar-refractivity contribution in [2.24, 2.45) is 5.16 Å². The Morgan fingerprint density at radius 3 is 2.79 bits per heavy atom. The number of nitrogens with zero attached hydrogens (tertiary/aromatic N) is 1. The van der Waals surface area contributed by atoms with E-state index in [9.17, 15) is 14.0 Å². The summed E-state index contributed by atoms with van der Waals surface area (Å²) in [7, 11) is 0. The highest BCUT2D eigenvalue weighted by atomic mass is 19.1. The standard InChI is InChI=1S/C20H25FN2O5/c1-19(2,3)27-17(24)16-9-14(11-26-16)22-18(25)20(4)10-15(23-28-20)12-6-5-7-13(21)8-12/h5-8,14,16H,9-11H2,1-4H3,(H,22,25)/t14-,16-,20?/m1/s1. The SMILES string of the molecule is CC(C)(C)OC(=O)[C@H]1C[C@@H](NC(=O)C2(C)CC(c3cccc(F)c3)=NO2)CO1. The smallest absolute Gasteiger partial charge is 0.335 e. The molecule has 1 fully saturated rings. The van der Waals surface area contributed by atoms with Gasteiger partial charge in [-0.3, -0.25) is 4.79 Å². The van der Waals surface area contributed by atoms with Gasteiger partial charge in [-0.1, -0.05) is 17.3 Å². The fourth-order valence-corrected chi connectivity index (χ4v) is 3.08. The van der Waals surface area contributed by atoms with Gasteiger partial charge in [0, 0.05) is 18.4 Å². The number of hydrogen-bond acceptors (Lipinski definition) is 6. The number of amides is 1. The van der Waals surface area contributed by atoms with Crippen molar-refractivity contribution >= 4 is 17.6 Å². The first-order valence-electron chi connectivity index (χ1n) is 9.22. The number of carbonyl (C=O) groups is 2. The molecule has 0 bridgehead atoms. The second-order valence-electron chi connectivity index (χ2n) is 8.31. The van der Waals surface area contributed by atoms with Crippen molar-refractivity contribution in [1.82, 2.24) is 5.32 Å². The van der Waals surface area contributed by atoms with Gasteiger partial charge in [-0.15, -0.1) is 0 Å². The third-order valence-electron chi connectivity index (χ3n) is 4.50. The van der Waals surface area contributed by atoms with E-state index >= 15 is 0 Å². The number of benzene rings is 1. The largest absolute Gasteiger partial charge is 0.458 e. The molecule has 3 atom stereocenters. The summed E-state index contributed by atoms with van der Waals surface area (Å²) < 4.78 is 24.2. The lowest BCUT2D eigenvalue weighted by Crippen LogP contribution is -2.49. The van der Waals surface area contributed by atoms with E-state index in [0.29, 0.717) is 17.7 Å². The number of rotatable bonds is 4. The van der Waals surface area contributed by atoms with Crippen LogP contribution in [0.4, 0.5) is 4.39 Å². The molecule has 1 aromatic carbocycles. The van der Waals surface area contributed by atoms with Crippen molar-refractivity contribution in [1.29, 1.82) is 0 Å². The Balaban J connectivity index is 1.55. The van der Waals surface area contributed by atoms with Crippen LogP contribution in [0.2, 0.25) is 0 Å². The molecule has 1 amide bonds. The summed E-state index contributed by atoms with van der Waals surface area (Å²) in [6.45, 7) is 7.19. The van der Waals surface area contributed by atoms with E-state index in [1.165, 1.54) is 12.1 Å². The van der Waals surface area contributed by atoms with Gasteiger partial charge >= 0.3 is 5.97 Å². The summed E-state index contributed by atoms with van der Waals surface area (Å²) in [6.07, 6.45) is -0.166. The van der Waals surface area contributed by atoms with Gasteiger partial charge in [0.1, 0.15) is 11.4 Å². The predicted molar refractivity (Wildman–Crippen MR) is 99.2 cm³/mol. The summed E-state index contributed by atoms with van der Waals surface area (Å²) >= 11 is 0. The Morgan fingerprint density at radius 2 is 2.11 bits per heavy atom. The van der Waals surface area contributed by atoms with Gasteiger partial charge in [0.05, 0.1) is 18.4 Å². The lowest BCUT2D eigenvalue weighted by atomic mass is 9.94. The Hall–Kier alpha value is -2.48. The van der Waals surface area contributed by atoms with E-state index in [-0.39, 0.29) is 30.8 Å². The van der Waals surface area contributed by atoms with Gasteiger partial charge in [-0.2, -0.15) is 0 Å². The van der Waals surface area contributed by atoms with E-state index in [1.54, 1.807) is 39.8 Å². The molecule has 0 aromatic heterocycles. The van der Waals surface area contributed by atoms with Crippen LogP contribution in [0.5, 0.6) is 0 Å². The van der Waals surface area contributed by atoms with E-state index in [4.69, 9.17) is 14.3 Å². The number of esters is 1. The maximum absolute atomic E-state index is 13.4. The minimum absolute atomic E-state index is 0.212. The second-order valence-corrected chi connectivity index (χ2v) is 8.31. The van der Waals surface area contributed by atoms with Gasteiger partial charge in [-0.25, -0.2) is 9.18 Å². The monoisotopic (exact) mass is 392 g/mol. The summed E-state index contributed by atoms with van der Waals surface area (Å²) in [6, 6.07) is 5.65. The molecule has 2 aliphatic rings. The van der Waals surface area contributed by atoms with E-state index < -0.39 is 23.3 Å². The third-order valence-corrected chi connectivity index (χ3v) is 4.50. The fraction of sp³-hybridized carbons (Fsp3) is 0.550. The van der Waals surface area contributed by atoms with Crippen LogP contribution >= 0.6 is 0 Å². The first-order chi connectivity index (χ1) is 13.1. The molecular formula is C20H25FN2O5. The van der Waals surface area contributed by atoms with Crippen molar-refractivity contribution < 1.29 is 28.3 Å². The van der Waals surface area contributed by atoms with E-state index in [1.807, 2.05) is 0 Å². The first kappa shape index (κ1) is 20.3. The number of oxime groups is 1. The number of ether oxygens (including phenoxy) is 2. The summed E-state index contributed by atoms with van der Waals surface area (Å²) in [4.78, 5) is 30.2. The Labute approximate surface area is 163 Å². The van der Waals surface area contributed by atoms with E-state index in [0.717, 1.165) is 0 Å². The average Bonchev–Trinajstić information content (AvgIpc) is 3.21. The van der Waals surface area contributed by atoms with Crippen LogP contribution in [0.3, 0.4) is 0 Å². The minimum Gasteiger partial charge on any atom is -0.458 e. The van der Waals surface area contributed by atoms with Crippen molar-refractivity contribution in [2.45, 2.75) is 63.9 Å². The number of halogens is 1. The molecule has 7 nitrogen and oxygen atoms in total. The van der Waals surface area contributed by atoms with Crippen molar-refractivity contribution in [3.8, 4) is 0 Å². The molecule has 0 saturated carbocycles. The highest BCUT2D eigenvalue weighted by molar-refractivity contribution is 6.05. The number of hydrogen-bond donors (Lipinski definition) is 1. The molecule has 3 rings (SSSR count). The quantitative estimate of drug-likeness (QED) is 0.795. The fourth-order valence-electron chi connectivity index (χ4n) is 3.08. The lowest BCUT2D eigenvalue weighted by Gasteiger charge is -2.23. The van der Waals surface area contributed by atoms with Gasteiger partial charge in [0.2, 0.25) is 5.60 Å². The van der Waals surface area contributed by atoms with Crippen molar-refractivity contribution in [3.63, 3.8) is 0 Å². The Kier molecular flexibility index (Phi) is 5.43. The van der Waals surface area contributed by atoms with Crippen LogP contribution in [0, 0.1) is 5.82 Å². The predicted octanol–water partition coefficient (Wildman–Crippen LogP) is 2.32. The van der Waals surface area contributed by atoms with Crippen molar-refractivity contribution in [2.75, 3.05) is 6.61 Å².